The number of hydrogen-bond acceptors (Lipinski definition) is 3. The molecule has 28 heavy (non-hydrogen) atoms. The molecule has 4 rings (SSSR count). The van der Waals surface area contributed by atoms with Crippen molar-refractivity contribution in [2.45, 2.75) is 50.6 Å². The van der Waals surface area contributed by atoms with E-state index in [1.54, 1.807) is 12.1 Å². The number of aryl methyl sites for hydroxylation is 3. The molecular formula is C19H21F3N4O2. The van der Waals surface area contributed by atoms with Crippen molar-refractivity contribution in [3.63, 3.8) is 0 Å². The van der Waals surface area contributed by atoms with Crippen molar-refractivity contribution >= 4 is 5.91 Å². The molecule has 1 fully saturated rings. The molecule has 0 N–H and O–H groups in total. The topological polar surface area (TPSA) is 60.1 Å². The van der Waals surface area contributed by atoms with Gasteiger partial charge in [-0.3, -0.25) is 9.36 Å². The predicted octanol–water partition coefficient (Wildman–Crippen LogP) is 1.82. The van der Waals surface area contributed by atoms with Gasteiger partial charge in [-0.25, -0.2) is 22.6 Å². The van der Waals surface area contributed by atoms with Crippen molar-refractivity contribution in [2.75, 3.05) is 13.1 Å². The number of nitrogens with zero attached hydrogens (tertiary/aromatic N) is 4. The van der Waals surface area contributed by atoms with Crippen LogP contribution in [-0.2, 0) is 24.2 Å². The first-order valence-corrected chi connectivity index (χ1v) is 9.43. The number of carbonyl (C=O) groups excluding carboxylic acids is 1. The maximum absolute atomic E-state index is 13.5. The fourth-order valence-corrected chi connectivity index (χ4v) is 3.91. The molecule has 6 nitrogen and oxygen atoms in total. The second-order valence-electron chi connectivity index (χ2n) is 7.35. The van der Waals surface area contributed by atoms with Crippen LogP contribution in [-0.4, -0.2) is 50.6 Å². The van der Waals surface area contributed by atoms with Gasteiger partial charge in [-0.2, -0.15) is 5.10 Å². The van der Waals surface area contributed by atoms with Crippen LogP contribution in [0.3, 0.4) is 0 Å². The lowest BCUT2D eigenvalue weighted by Gasteiger charge is -2.26. The van der Waals surface area contributed by atoms with Gasteiger partial charge in [0.2, 0.25) is 5.91 Å². The Balaban J connectivity index is 1.53. The lowest BCUT2D eigenvalue weighted by Crippen LogP contribution is -2.42. The van der Waals surface area contributed by atoms with Crippen molar-refractivity contribution < 1.29 is 18.0 Å². The third-order valence-electron chi connectivity index (χ3n) is 5.44. The van der Waals surface area contributed by atoms with Gasteiger partial charge in [0.05, 0.1) is 19.6 Å². The summed E-state index contributed by atoms with van der Waals surface area (Å²) in [6, 6.07) is 5.25. The third-order valence-corrected chi connectivity index (χ3v) is 5.44. The second kappa shape index (κ2) is 7.44. The average molecular weight is 394 g/mol. The minimum absolute atomic E-state index is 0.278. The summed E-state index contributed by atoms with van der Waals surface area (Å²) >= 11 is 0. The SMILES string of the molecule is O=C([C@@H]1CCCc2nn(CCc3ccc(F)cc3)c(=O)n21)N1C[C@@H](F)[C@@H](F)C1. The smallest absolute Gasteiger partial charge is 0.335 e. The molecule has 1 aromatic heterocycles. The van der Waals surface area contributed by atoms with Crippen molar-refractivity contribution in [3.8, 4) is 0 Å². The number of carbonyl (C=O) groups is 1. The molecule has 1 aromatic carbocycles. The van der Waals surface area contributed by atoms with E-state index in [1.165, 1.54) is 21.4 Å². The molecule has 2 aliphatic rings. The maximum atomic E-state index is 13.5. The number of benzene rings is 1. The molecule has 0 bridgehead atoms. The molecule has 2 aromatic rings. The molecule has 9 heteroatoms. The molecule has 1 amide bonds. The Hall–Kier alpha value is -2.58. The number of amides is 1. The molecule has 0 saturated carbocycles. The number of halogens is 3. The Bertz CT molecular complexity index is 914. The van der Waals surface area contributed by atoms with E-state index < -0.39 is 30.0 Å². The van der Waals surface area contributed by atoms with E-state index in [4.69, 9.17) is 0 Å². The Morgan fingerprint density at radius 1 is 1.14 bits per heavy atom. The maximum Gasteiger partial charge on any atom is 0.346 e. The van der Waals surface area contributed by atoms with E-state index in [1.807, 2.05) is 0 Å². The van der Waals surface area contributed by atoms with Crippen molar-refractivity contribution in [1.29, 1.82) is 0 Å². The summed E-state index contributed by atoms with van der Waals surface area (Å²) in [5.74, 6) is -0.238. The standard InChI is InChI=1S/C19H21F3N4O2/c20-13-6-4-12(5-7-13)8-9-25-19(28)26-16(2-1-3-17(26)23-25)18(27)24-10-14(21)15(22)11-24/h4-7,14-16H,1-3,8-11H2/t14-,15+,16-/m0/s1. The van der Waals surface area contributed by atoms with Gasteiger partial charge in [-0.15, -0.1) is 0 Å². The van der Waals surface area contributed by atoms with Crippen LogP contribution in [0.4, 0.5) is 13.2 Å². The van der Waals surface area contributed by atoms with E-state index in [-0.39, 0.29) is 18.9 Å². The summed E-state index contributed by atoms with van der Waals surface area (Å²) < 4.78 is 42.7. The monoisotopic (exact) mass is 394 g/mol. The van der Waals surface area contributed by atoms with Gasteiger partial charge in [-0.1, -0.05) is 12.1 Å². The third kappa shape index (κ3) is 3.45. The van der Waals surface area contributed by atoms with E-state index >= 15 is 0 Å². The molecule has 2 aliphatic heterocycles. The fraction of sp³-hybridized carbons (Fsp3) is 0.526. The van der Waals surface area contributed by atoms with E-state index in [2.05, 4.69) is 5.10 Å². The van der Waals surface area contributed by atoms with Crippen LogP contribution in [0.15, 0.2) is 29.1 Å². The largest absolute Gasteiger partial charge is 0.346 e. The minimum atomic E-state index is -1.68. The van der Waals surface area contributed by atoms with Gasteiger partial charge in [-0.05, 0) is 37.0 Å². The molecule has 3 atom stereocenters. The molecular weight excluding hydrogens is 373 g/mol. The summed E-state index contributed by atoms with van der Waals surface area (Å²) in [4.78, 5) is 26.8. The van der Waals surface area contributed by atoms with Crippen molar-refractivity contribution in [2.24, 2.45) is 0 Å². The van der Waals surface area contributed by atoms with Crippen LogP contribution in [0.5, 0.6) is 0 Å². The Morgan fingerprint density at radius 2 is 1.82 bits per heavy atom. The fourth-order valence-electron chi connectivity index (χ4n) is 3.91. The van der Waals surface area contributed by atoms with Crippen LogP contribution in [0.1, 0.15) is 30.3 Å². The van der Waals surface area contributed by atoms with Gasteiger partial charge in [0.15, 0.2) is 12.3 Å². The van der Waals surface area contributed by atoms with Crippen LogP contribution >= 0.6 is 0 Å². The first-order valence-electron chi connectivity index (χ1n) is 9.43. The first-order chi connectivity index (χ1) is 13.4. The number of alkyl halides is 2. The van der Waals surface area contributed by atoms with Crippen LogP contribution in [0.2, 0.25) is 0 Å². The molecule has 0 spiro atoms. The van der Waals surface area contributed by atoms with Gasteiger partial charge in [0.25, 0.3) is 0 Å². The highest BCUT2D eigenvalue weighted by Crippen LogP contribution is 2.27. The van der Waals surface area contributed by atoms with Gasteiger partial charge in [0, 0.05) is 6.42 Å². The molecule has 0 radical (unpaired) electrons. The zero-order valence-electron chi connectivity index (χ0n) is 15.2. The predicted molar refractivity (Wildman–Crippen MR) is 94.9 cm³/mol. The normalized spacial score (nSPS) is 24.4. The summed E-state index contributed by atoms with van der Waals surface area (Å²) in [6.45, 7) is -0.257. The Morgan fingerprint density at radius 3 is 2.50 bits per heavy atom. The number of rotatable bonds is 4. The number of hydrogen-bond donors (Lipinski definition) is 0. The zero-order chi connectivity index (χ0) is 19.8. The Labute approximate surface area is 159 Å². The van der Waals surface area contributed by atoms with E-state index in [9.17, 15) is 22.8 Å². The molecule has 150 valence electrons. The lowest BCUT2D eigenvalue weighted by molar-refractivity contribution is -0.134. The molecule has 0 aliphatic carbocycles. The lowest BCUT2D eigenvalue weighted by atomic mass is 10.0. The number of likely N-dealkylation sites (tertiary alicyclic amines) is 1. The first kappa shape index (κ1) is 18.8. The zero-order valence-corrected chi connectivity index (χ0v) is 15.2. The van der Waals surface area contributed by atoms with E-state index in [0.29, 0.717) is 38.1 Å². The highest BCUT2D eigenvalue weighted by atomic mass is 19.2. The summed E-state index contributed by atoms with van der Waals surface area (Å²) in [5.41, 5.74) is 0.467. The van der Waals surface area contributed by atoms with E-state index in [0.717, 1.165) is 10.5 Å². The molecule has 0 unspecified atom stereocenters. The van der Waals surface area contributed by atoms with Crippen LogP contribution in [0, 0.1) is 5.82 Å². The molecule has 1 saturated heterocycles. The van der Waals surface area contributed by atoms with Gasteiger partial charge >= 0.3 is 5.69 Å². The summed E-state index contributed by atoms with van der Waals surface area (Å²) in [6.07, 6.45) is -1.17. The Kier molecular flexibility index (Phi) is 4.99. The van der Waals surface area contributed by atoms with Gasteiger partial charge in [0.1, 0.15) is 17.7 Å². The minimum Gasteiger partial charge on any atom is -0.335 e. The second-order valence-corrected chi connectivity index (χ2v) is 7.35. The summed E-state index contributed by atoms with van der Waals surface area (Å²) in [5, 5.41) is 4.35. The average Bonchev–Trinajstić information content (AvgIpc) is 3.20. The highest BCUT2D eigenvalue weighted by molar-refractivity contribution is 5.81. The quantitative estimate of drug-likeness (QED) is 0.795. The van der Waals surface area contributed by atoms with Crippen molar-refractivity contribution in [3.05, 3.63) is 52.0 Å². The van der Waals surface area contributed by atoms with Gasteiger partial charge < -0.3 is 4.90 Å². The van der Waals surface area contributed by atoms with Crippen LogP contribution in [0.25, 0.3) is 0 Å². The molecule has 3 heterocycles. The number of aromatic nitrogens is 3. The van der Waals surface area contributed by atoms with Crippen LogP contribution < -0.4 is 5.69 Å². The number of fused-ring (bicyclic) bond motifs is 1. The highest BCUT2D eigenvalue weighted by Gasteiger charge is 2.40. The van der Waals surface area contributed by atoms with Crippen molar-refractivity contribution in [1.82, 2.24) is 19.2 Å². The summed E-state index contributed by atoms with van der Waals surface area (Å²) in [7, 11) is 0.